The number of hydrogen-bond donors (Lipinski definition) is 1. The minimum atomic E-state index is 0.401. The van der Waals surface area contributed by atoms with Gasteiger partial charge in [0.25, 0.3) is 0 Å². The largest absolute Gasteiger partial charge is 0.348 e. The van der Waals surface area contributed by atoms with Crippen molar-refractivity contribution in [3.8, 4) is 0 Å². The topological polar surface area (TPSA) is 49.0 Å². The fourth-order valence-corrected chi connectivity index (χ4v) is 3.85. The number of hydrogen-bond acceptors (Lipinski definition) is 2. The summed E-state index contributed by atoms with van der Waals surface area (Å²) in [5.74, 6) is 1.44. The van der Waals surface area contributed by atoms with E-state index in [1.165, 1.54) is 50.6 Å². The van der Waals surface area contributed by atoms with E-state index in [1.807, 2.05) is 11.1 Å². The molecule has 2 aliphatic rings. The van der Waals surface area contributed by atoms with Gasteiger partial charge in [-0.3, -0.25) is 4.79 Å². The van der Waals surface area contributed by atoms with Crippen LogP contribution in [0.1, 0.15) is 69.4 Å². The summed E-state index contributed by atoms with van der Waals surface area (Å²) in [4.78, 5) is 20.5. The molecule has 3 rings (SSSR count). The molecule has 116 valence electrons. The maximum atomic E-state index is 11.3. The van der Waals surface area contributed by atoms with Crippen molar-refractivity contribution in [1.29, 1.82) is 0 Å². The van der Waals surface area contributed by atoms with Crippen LogP contribution in [0.4, 0.5) is 0 Å². The average Bonchev–Trinajstić information content (AvgIpc) is 3.12. The second-order valence-corrected chi connectivity index (χ2v) is 6.76. The zero-order valence-corrected chi connectivity index (χ0v) is 12.8. The van der Waals surface area contributed by atoms with Crippen molar-refractivity contribution in [1.82, 2.24) is 14.9 Å². The highest BCUT2D eigenvalue weighted by molar-refractivity contribution is 5.49. The Balaban J connectivity index is 1.35. The van der Waals surface area contributed by atoms with Crippen LogP contribution in [0.5, 0.6) is 0 Å². The summed E-state index contributed by atoms with van der Waals surface area (Å²) in [5, 5.41) is 0. The van der Waals surface area contributed by atoms with Crippen molar-refractivity contribution in [2.75, 3.05) is 6.54 Å². The second-order valence-electron chi connectivity index (χ2n) is 6.76. The molecule has 21 heavy (non-hydrogen) atoms. The molecular weight excluding hydrogens is 262 g/mol. The average molecular weight is 289 g/mol. The second kappa shape index (κ2) is 7.10. The third kappa shape index (κ3) is 3.86. The number of carbonyl (C=O) groups is 1. The van der Waals surface area contributed by atoms with Crippen molar-refractivity contribution in [3.63, 3.8) is 0 Å². The monoisotopic (exact) mass is 289 g/mol. The van der Waals surface area contributed by atoms with E-state index in [-0.39, 0.29) is 0 Å². The van der Waals surface area contributed by atoms with E-state index >= 15 is 0 Å². The number of aromatic amines is 1. The SMILES string of the molecule is O=CN(CCCCC1CCCCC1)C1CC1c1cnc[nH]1. The molecule has 1 aromatic rings. The van der Waals surface area contributed by atoms with Gasteiger partial charge in [-0.1, -0.05) is 44.9 Å². The number of nitrogens with one attached hydrogen (secondary N) is 1. The summed E-state index contributed by atoms with van der Waals surface area (Å²) in [7, 11) is 0. The lowest BCUT2D eigenvalue weighted by Gasteiger charge is -2.22. The smallest absolute Gasteiger partial charge is 0.209 e. The number of H-pyrrole nitrogens is 1. The van der Waals surface area contributed by atoms with Gasteiger partial charge in [-0.25, -0.2) is 4.98 Å². The van der Waals surface area contributed by atoms with Gasteiger partial charge in [0.1, 0.15) is 0 Å². The van der Waals surface area contributed by atoms with Crippen LogP contribution in [0.2, 0.25) is 0 Å². The van der Waals surface area contributed by atoms with Crippen LogP contribution in [-0.4, -0.2) is 33.9 Å². The van der Waals surface area contributed by atoms with Crippen molar-refractivity contribution in [2.24, 2.45) is 5.92 Å². The third-order valence-corrected chi connectivity index (χ3v) is 5.24. The van der Waals surface area contributed by atoms with E-state index in [1.54, 1.807) is 6.33 Å². The minimum absolute atomic E-state index is 0.401. The molecule has 4 nitrogen and oxygen atoms in total. The van der Waals surface area contributed by atoms with Gasteiger partial charge in [0, 0.05) is 30.4 Å². The molecule has 0 aromatic carbocycles. The van der Waals surface area contributed by atoms with Gasteiger partial charge >= 0.3 is 0 Å². The van der Waals surface area contributed by atoms with Crippen LogP contribution in [0.25, 0.3) is 0 Å². The Hall–Kier alpha value is -1.32. The Kier molecular flexibility index (Phi) is 4.94. The number of amides is 1. The molecule has 0 aliphatic heterocycles. The lowest BCUT2D eigenvalue weighted by Crippen LogP contribution is -2.26. The predicted molar refractivity (Wildman–Crippen MR) is 82.9 cm³/mol. The Morgan fingerprint density at radius 3 is 2.86 bits per heavy atom. The molecule has 1 N–H and O–H groups in total. The van der Waals surface area contributed by atoms with Gasteiger partial charge in [0.05, 0.1) is 6.33 Å². The molecule has 2 aliphatic carbocycles. The van der Waals surface area contributed by atoms with E-state index in [9.17, 15) is 4.79 Å². The number of nitrogens with zero attached hydrogens (tertiary/aromatic N) is 2. The van der Waals surface area contributed by atoms with Gasteiger partial charge in [-0.05, 0) is 18.8 Å². The molecule has 0 spiro atoms. The first kappa shape index (κ1) is 14.6. The summed E-state index contributed by atoms with van der Waals surface area (Å²) < 4.78 is 0. The fraction of sp³-hybridized carbons (Fsp3) is 0.765. The molecular formula is C17H27N3O. The number of unbranched alkanes of at least 4 members (excludes halogenated alkanes) is 1. The van der Waals surface area contributed by atoms with Gasteiger partial charge < -0.3 is 9.88 Å². The van der Waals surface area contributed by atoms with Crippen LogP contribution < -0.4 is 0 Å². The maximum Gasteiger partial charge on any atom is 0.209 e. The Labute approximate surface area is 127 Å². The van der Waals surface area contributed by atoms with Crippen molar-refractivity contribution >= 4 is 6.41 Å². The molecule has 0 saturated heterocycles. The number of aromatic nitrogens is 2. The normalized spacial score (nSPS) is 25.7. The Morgan fingerprint density at radius 1 is 1.29 bits per heavy atom. The van der Waals surface area contributed by atoms with Crippen LogP contribution in [0.15, 0.2) is 12.5 Å². The standard InChI is InChI=1S/C17H27N3O/c21-13-20(17-10-15(17)16-11-18-12-19-16)9-5-4-8-14-6-2-1-3-7-14/h11-15,17H,1-10H2,(H,18,19). The molecule has 1 heterocycles. The summed E-state index contributed by atoms with van der Waals surface area (Å²) in [6.07, 6.45) is 16.7. The first-order chi connectivity index (χ1) is 10.4. The number of rotatable bonds is 8. The molecule has 1 aromatic heterocycles. The Morgan fingerprint density at radius 2 is 2.14 bits per heavy atom. The van der Waals surface area contributed by atoms with Crippen molar-refractivity contribution < 1.29 is 4.79 Å². The van der Waals surface area contributed by atoms with E-state index in [0.29, 0.717) is 12.0 Å². The van der Waals surface area contributed by atoms with Crippen LogP contribution in [-0.2, 0) is 4.79 Å². The summed E-state index contributed by atoms with van der Waals surface area (Å²) in [5.41, 5.74) is 1.18. The molecule has 0 bridgehead atoms. The highest BCUT2D eigenvalue weighted by Gasteiger charge is 2.43. The van der Waals surface area contributed by atoms with Crippen LogP contribution >= 0.6 is 0 Å². The summed E-state index contributed by atoms with van der Waals surface area (Å²) in [6, 6.07) is 0.401. The summed E-state index contributed by atoms with van der Waals surface area (Å²) in [6.45, 7) is 0.922. The van der Waals surface area contributed by atoms with E-state index in [4.69, 9.17) is 0 Å². The van der Waals surface area contributed by atoms with Gasteiger partial charge in [-0.15, -0.1) is 0 Å². The maximum absolute atomic E-state index is 11.3. The summed E-state index contributed by atoms with van der Waals surface area (Å²) >= 11 is 0. The van der Waals surface area contributed by atoms with Gasteiger partial charge in [0.15, 0.2) is 0 Å². The van der Waals surface area contributed by atoms with Crippen molar-refractivity contribution in [3.05, 3.63) is 18.2 Å². The number of imidazole rings is 1. The zero-order chi connectivity index (χ0) is 14.5. The fourth-order valence-electron chi connectivity index (χ4n) is 3.85. The lowest BCUT2D eigenvalue weighted by molar-refractivity contribution is -0.118. The lowest BCUT2D eigenvalue weighted by atomic mass is 9.86. The van der Waals surface area contributed by atoms with Crippen LogP contribution in [0.3, 0.4) is 0 Å². The van der Waals surface area contributed by atoms with Crippen molar-refractivity contribution in [2.45, 2.75) is 69.7 Å². The van der Waals surface area contributed by atoms with E-state index < -0.39 is 0 Å². The Bertz CT molecular complexity index is 425. The highest BCUT2D eigenvalue weighted by Crippen LogP contribution is 2.43. The molecule has 2 atom stereocenters. The molecule has 0 radical (unpaired) electrons. The van der Waals surface area contributed by atoms with E-state index in [0.717, 1.165) is 31.7 Å². The molecule has 2 saturated carbocycles. The molecule has 4 heteroatoms. The highest BCUT2D eigenvalue weighted by atomic mass is 16.1. The van der Waals surface area contributed by atoms with Gasteiger partial charge in [0.2, 0.25) is 6.41 Å². The minimum Gasteiger partial charge on any atom is -0.348 e. The molecule has 2 fully saturated rings. The van der Waals surface area contributed by atoms with Gasteiger partial charge in [-0.2, -0.15) is 0 Å². The van der Waals surface area contributed by atoms with Crippen LogP contribution in [0, 0.1) is 5.92 Å². The predicted octanol–water partition coefficient (Wildman–Crippen LogP) is 3.47. The third-order valence-electron chi connectivity index (χ3n) is 5.24. The first-order valence-corrected chi connectivity index (χ1v) is 8.58. The first-order valence-electron chi connectivity index (χ1n) is 8.58. The molecule has 2 unspecified atom stereocenters. The molecule has 1 amide bonds. The quantitative estimate of drug-likeness (QED) is 0.588. The zero-order valence-electron chi connectivity index (χ0n) is 12.8. The van der Waals surface area contributed by atoms with E-state index in [2.05, 4.69) is 9.97 Å². The number of carbonyl (C=O) groups excluding carboxylic acids is 1.